The zero-order valence-corrected chi connectivity index (χ0v) is 21.9. The van der Waals surface area contributed by atoms with Gasteiger partial charge in [0.25, 0.3) is 0 Å². The van der Waals surface area contributed by atoms with Gasteiger partial charge in [-0.05, 0) is 68.0 Å². The van der Waals surface area contributed by atoms with Gasteiger partial charge in [-0.25, -0.2) is 18.4 Å². The summed E-state index contributed by atoms with van der Waals surface area (Å²) in [6.07, 6.45) is -2.55. The number of hydrogen-bond donors (Lipinski definition) is 2. The van der Waals surface area contributed by atoms with Crippen molar-refractivity contribution in [1.82, 2.24) is 0 Å². The van der Waals surface area contributed by atoms with Crippen molar-refractivity contribution in [3.05, 3.63) is 53.1 Å². The van der Waals surface area contributed by atoms with Crippen LogP contribution in [0.3, 0.4) is 0 Å². The molecule has 0 unspecified atom stereocenters. The van der Waals surface area contributed by atoms with Gasteiger partial charge in [-0.2, -0.15) is 4.90 Å². The van der Waals surface area contributed by atoms with E-state index in [9.17, 15) is 23.9 Å². The van der Waals surface area contributed by atoms with E-state index < -0.39 is 35.2 Å². The molecule has 3 rings (SSSR count). The van der Waals surface area contributed by atoms with Crippen molar-refractivity contribution in [3.8, 4) is 0 Å². The second-order valence-electron chi connectivity index (χ2n) is 11.3. The monoisotopic (exact) mass is 517 g/mol. The molecule has 0 aliphatic carbocycles. The lowest BCUT2D eigenvalue weighted by Gasteiger charge is -2.33. The molecule has 0 radical (unpaired) electrons. The van der Waals surface area contributed by atoms with Crippen molar-refractivity contribution in [2.24, 2.45) is 5.41 Å². The number of nitrogens with one attached hydrogen (secondary N) is 1. The fourth-order valence-electron chi connectivity index (χ4n) is 4.09. The van der Waals surface area contributed by atoms with Crippen LogP contribution < -0.4 is 15.1 Å². The summed E-state index contributed by atoms with van der Waals surface area (Å²) in [5.41, 5.74) is -0.605. The Hall–Kier alpha value is -3.69. The first-order valence-electron chi connectivity index (χ1n) is 12.0. The summed E-state index contributed by atoms with van der Waals surface area (Å²) in [5, 5.41) is 12.5. The van der Waals surface area contributed by atoms with Crippen LogP contribution in [0, 0.1) is 17.0 Å². The number of fused-ring (bicyclic) bond motifs is 1. The number of carboxylic acid groups (broad SMARTS) is 1. The van der Waals surface area contributed by atoms with Crippen LogP contribution in [0.1, 0.15) is 59.1 Å². The van der Waals surface area contributed by atoms with Gasteiger partial charge in [0.1, 0.15) is 17.1 Å². The summed E-state index contributed by atoms with van der Waals surface area (Å²) < 4.78 is 35.0. The fourth-order valence-corrected chi connectivity index (χ4v) is 4.09. The molecule has 2 N–H and O–H groups in total. The highest BCUT2D eigenvalue weighted by atomic mass is 19.1. The molecule has 0 fully saturated rings. The minimum atomic E-state index is -1.77. The molecule has 1 heterocycles. The second kappa shape index (κ2) is 10.4. The predicted molar refractivity (Wildman–Crippen MR) is 137 cm³/mol. The molecule has 0 spiro atoms. The molecule has 0 saturated heterocycles. The molecule has 0 atom stereocenters. The van der Waals surface area contributed by atoms with Crippen LogP contribution in [0.5, 0.6) is 0 Å². The molecule has 3 amide bonds. The van der Waals surface area contributed by atoms with Crippen molar-refractivity contribution in [2.45, 2.75) is 66.5 Å². The lowest BCUT2D eigenvalue weighted by molar-refractivity contribution is -0.117. The number of imide groups is 1. The average molecular weight is 518 g/mol. The van der Waals surface area contributed by atoms with Crippen molar-refractivity contribution in [2.75, 3.05) is 21.7 Å². The highest BCUT2D eigenvalue weighted by molar-refractivity contribution is 6.13. The lowest BCUT2D eigenvalue weighted by atomic mass is 9.92. The summed E-state index contributed by atoms with van der Waals surface area (Å²) in [5.74, 6) is -1.83. The van der Waals surface area contributed by atoms with E-state index in [1.165, 1.54) is 24.3 Å². The molecule has 8 nitrogen and oxygen atoms in total. The van der Waals surface area contributed by atoms with Crippen LogP contribution in [-0.4, -0.2) is 35.3 Å². The molecule has 10 heteroatoms. The molecule has 2 aromatic rings. The van der Waals surface area contributed by atoms with E-state index >= 15 is 4.39 Å². The van der Waals surface area contributed by atoms with Crippen LogP contribution in [-0.2, 0) is 22.5 Å². The number of anilines is 3. The quantitative estimate of drug-likeness (QED) is 0.492. The summed E-state index contributed by atoms with van der Waals surface area (Å²) >= 11 is 0. The number of carbonyl (C=O) groups excluding carboxylic acids is 2. The van der Waals surface area contributed by atoms with E-state index in [1.54, 1.807) is 31.7 Å². The number of nitrogens with zero attached hydrogens (tertiary/aromatic N) is 2. The smallest absolute Gasteiger partial charge is 0.424 e. The highest BCUT2D eigenvalue weighted by Crippen LogP contribution is 2.38. The summed E-state index contributed by atoms with van der Waals surface area (Å²) in [7, 11) is 0. The third-order valence-corrected chi connectivity index (χ3v) is 5.57. The minimum absolute atomic E-state index is 0.0357. The van der Waals surface area contributed by atoms with Crippen LogP contribution >= 0.6 is 0 Å². The topological polar surface area (TPSA) is 99.2 Å². The molecular weight excluding hydrogens is 484 g/mol. The first-order chi connectivity index (χ1) is 17.1. The Labute approximate surface area is 215 Å². The second-order valence-corrected chi connectivity index (χ2v) is 11.3. The van der Waals surface area contributed by atoms with Gasteiger partial charge in [-0.1, -0.05) is 26.8 Å². The lowest BCUT2D eigenvalue weighted by Crippen LogP contribution is -2.41. The van der Waals surface area contributed by atoms with Gasteiger partial charge >= 0.3 is 12.2 Å². The Kier molecular flexibility index (Phi) is 7.80. The number of ether oxygens (including phenoxy) is 1. The van der Waals surface area contributed by atoms with E-state index in [1.807, 2.05) is 20.8 Å². The third kappa shape index (κ3) is 6.96. The molecule has 1 aliphatic rings. The molecule has 0 aromatic heterocycles. The van der Waals surface area contributed by atoms with Gasteiger partial charge in [0.2, 0.25) is 5.91 Å². The average Bonchev–Trinajstić information content (AvgIpc) is 2.73. The number of halogens is 2. The van der Waals surface area contributed by atoms with Gasteiger partial charge in [0, 0.05) is 19.5 Å². The van der Waals surface area contributed by atoms with Crippen molar-refractivity contribution in [3.63, 3.8) is 0 Å². The third-order valence-electron chi connectivity index (χ3n) is 5.57. The Morgan fingerprint density at radius 2 is 1.73 bits per heavy atom. The maximum absolute atomic E-state index is 16.2. The van der Waals surface area contributed by atoms with E-state index in [0.717, 1.165) is 11.1 Å². The van der Waals surface area contributed by atoms with E-state index in [-0.39, 0.29) is 40.5 Å². The van der Waals surface area contributed by atoms with E-state index in [2.05, 4.69) is 5.32 Å². The number of carbonyl (C=O) groups is 3. The number of rotatable bonds is 4. The zero-order valence-electron chi connectivity index (χ0n) is 21.9. The summed E-state index contributed by atoms with van der Waals surface area (Å²) in [6.45, 7) is 10.8. The zero-order chi connectivity index (χ0) is 27.7. The Morgan fingerprint density at radius 1 is 1.05 bits per heavy atom. The summed E-state index contributed by atoms with van der Waals surface area (Å²) in [6, 6.07) is 7.19. The van der Waals surface area contributed by atoms with Gasteiger partial charge in [-0.15, -0.1) is 0 Å². The van der Waals surface area contributed by atoms with Gasteiger partial charge in [0.05, 0.1) is 11.4 Å². The molecule has 0 bridgehead atoms. The van der Waals surface area contributed by atoms with Crippen LogP contribution in [0.25, 0.3) is 0 Å². The number of benzene rings is 2. The van der Waals surface area contributed by atoms with Crippen LogP contribution in [0.15, 0.2) is 30.3 Å². The molecule has 1 aliphatic heterocycles. The normalized spacial score (nSPS) is 13.6. The molecule has 200 valence electrons. The number of hydrogen-bond acceptors (Lipinski definition) is 5. The Bertz CT molecular complexity index is 1220. The van der Waals surface area contributed by atoms with Crippen LogP contribution in [0.4, 0.5) is 35.4 Å². The largest absolute Gasteiger partial charge is 0.464 e. The van der Waals surface area contributed by atoms with Gasteiger partial charge in [-0.3, -0.25) is 4.79 Å². The molecular formula is C27H33F2N3O5. The predicted octanol–water partition coefficient (Wildman–Crippen LogP) is 6.32. The van der Waals surface area contributed by atoms with Gasteiger partial charge in [0.15, 0.2) is 5.82 Å². The summed E-state index contributed by atoms with van der Waals surface area (Å²) in [4.78, 5) is 39.6. The minimum Gasteiger partial charge on any atom is -0.464 e. The van der Waals surface area contributed by atoms with Crippen molar-refractivity contribution >= 4 is 35.2 Å². The highest BCUT2D eigenvalue weighted by Gasteiger charge is 2.35. The van der Waals surface area contributed by atoms with Crippen molar-refractivity contribution < 1.29 is 33.0 Å². The standard InChI is InChI=1S/C27H33F2N3O5/c1-26(2,3)14-21(33)30-19-9-10-20(31-12-11-16-13-18(28)8-7-17(16)15-31)22(29)23(19)32(24(34)35)25(36)37-27(4,5)6/h7-10,13H,11-12,14-15H2,1-6H3,(H,30,33)(H,34,35). The Morgan fingerprint density at radius 3 is 2.32 bits per heavy atom. The molecule has 37 heavy (non-hydrogen) atoms. The fraction of sp³-hybridized carbons (Fsp3) is 0.444. The first-order valence-corrected chi connectivity index (χ1v) is 12.0. The molecule has 2 aromatic carbocycles. The maximum atomic E-state index is 16.2. The SMILES string of the molecule is CC(C)(C)CC(=O)Nc1ccc(N2CCc3cc(F)ccc3C2)c(F)c1N(C(=O)O)C(=O)OC(C)(C)C. The van der Waals surface area contributed by atoms with Gasteiger partial charge < -0.3 is 20.1 Å². The van der Waals surface area contributed by atoms with E-state index in [0.29, 0.717) is 13.0 Å². The van der Waals surface area contributed by atoms with E-state index in [4.69, 9.17) is 4.74 Å². The first kappa shape index (κ1) is 27.9. The number of amides is 3. The maximum Gasteiger partial charge on any atom is 0.424 e. The molecule has 0 saturated carbocycles. The van der Waals surface area contributed by atoms with Crippen LogP contribution in [0.2, 0.25) is 0 Å². The van der Waals surface area contributed by atoms with Crippen molar-refractivity contribution in [1.29, 1.82) is 0 Å². The Balaban J connectivity index is 2.09.